The van der Waals surface area contributed by atoms with E-state index in [0.29, 0.717) is 0 Å². The molecule has 0 aliphatic heterocycles. The third-order valence-electron chi connectivity index (χ3n) is 9.54. The van der Waals surface area contributed by atoms with Gasteiger partial charge in [-0.15, -0.1) is 0 Å². The van der Waals surface area contributed by atoms with Crippen LogP contribution in [0.25, 0.3) is 0 Å². The molecule has 14 heteroatoms. The Labute approximate surface area is 298 Å². The lowest BCUT2D eigenvalue weighted by Gasteiger charge is -2.12. The molecule has 2 aliphatic carbocycles. The van der Waals surface area contributed by atoms with E-state index in [0.717, 1.165) is 25.4 Å². The van der Waals surface area contributed by atoms with Crippen LogP contribution in [0.3, 0.4) is 0 Å². The number of benzene rings is 2. The molecule has 2 fully saturated rings. The number of hydrogen-bond donors (Lipinski definition) is 0. The summed E-state index contributed by atoms with van der Waals surface area (Å²) in [5, 5.41) is 0. The average Bonchev–Trinajstić information content (AvgIpc) is 3.82. The van der Waals surface area contributed by atoms with Crippen LogP contribution in [0.1, 0.15) is 77.6 Å². The largest absolute Gasteiger partial charge is 0.460 e. The number of carbonyl (C=O) groups is 2. The van der Waals surface area contributed by atoms with Crippen LogP contribution in [-0.2, 0) is 55.0 Å². The zero-order valence-electron chi connectivity index (χ0n) is 30.8. The molecule has 52 heavy (non-hydrogen) atoms. The molecule has 2 aliphatic rings. The van der Waals surface area contributed by atoms with Gasteiger partial charge in [0, 0.05) is 14.2 Å². The highest BCUT2D eigenvalue weighted by molar-refractivity contribution is 5.79. The van der Waals surface area contributed by atoms with Crippen LogP contribution in [0.15, 0.2) is 23.3 Å². The molecule has 0 heterocycles. The molecule has 0 aromatic heterocycles. The van der Waals surface area contributed by atoms with Crippen molar-refractivity contribution < 1.29 is 63.7 Å². The highest BCUT2D eigenvalue weighted by Gasteiger charge is 2.62. The van der Waals surface area contributed by atoms with E-state index in [1.54, 1.807) is 0 Å². The number of carbonyl (C=O) groups excluding carboxylic acids is 2. The predicted octanol–water partition coefficient (Wildman–Crippen LogP) is 9.34. The molecule has 0 saturated heterocycles. The third-order valence-corrected chi connectivity index (χ3v) is 9.54. The van der Waals surface area contributed by atoms with Crippen LogP contribution in [0, 0.1) is 81.0 Å². The van der Waals surface area contributed by atoms with Crippen molar-refractivity contribution in [1.29, 1.82) is 0 Å². The van der Waals surface area contributed by atoms with E-state index in [1.807, 2.05) is 67.5 Å². The second-order valence-corrected chi connectivity index (χ2v) is 14.6. The van der Waals surface area contributed by atoms with Crippen LogP contribution >= 0.6 is 0 Å². The first kappa shape index (κ1) is 42.6. The second kappa shape index (κ2) is 16.5. The maximum atomic E-state index is 14.1. The van der Waals surface area contributed by atoms with E-state index in [9.17, 15) is 44.7 Å². The summed E-state index contributed by atoms with van der Waals surface area (Å²) < 4.78 is 131. The van der Waals surface area contributed by atoms with Crippen LogP contribution in [0.5, 0.6) is 0 Å². The van der Waals surface area contributed by atoms with Crippen LogP contribution in [0.4, 0.5) is 35.1 Å². The van der Waals surface area contributed by atoms with Gasteiger partial charge in [-0.3, -0.25) is 9.59 Å². The summed E-state index contributed by atoms with van der Waals surface area (Å²) in [7, 11) is 2.29. The molecule has 4 rings (SSSR count). The van der Waals surface area contributed by atoms with Crippen molar-refractivity contribution in [2.24, 2.45) is 34.5 Å². The number of rotatable bonds is 12. The molecule has 0 bridgehead atoms. The van der Waals surface area contributed by atoms with Crippen molar-refractivity contribution in [2.45, 2.75) is 81.8 Å². The third kappa shape index (κ3) is 8.70. The standard InChI is InChI=1S/2C19H22F4O3/c2*1-9(2)6-12-13(19(12,3)4)18(24)26-8-11-16(22)14(20)10(7-25-5)15(21)17(11)23/h2*6,12-13H,7-8H2,1-5H3. The normalized spacial score (nSPS) is 20.7. The van der Waals surface area contributed by atoms with E-state index in [2.05, 4.69) is 9.47 Å². The van der Waals surface area contributed by atoms with Gasteiger partial charge in [-0.05, 0) is 50.4 Å². The van der Waals surface area contributed by atoms with E-state index in [-0.39, 0.29) is 22.7 Å². The smallest absolute Gasteiger partial charge is 0.310 e. The monoisotopic (exact) mass is 748 g/mol. The van der Waals surface area contributed by atoms with Crippen molar-refractivity contribution in [3.8, 4) is 0 Å². The number of esters is 2. The number of methoxy groups -OCH3 is 2. The average molecular weight is 749 g/mol. The number of ether oxygens (including phenoxy) is 4. The Hall–Kier alpha value is -3.78. The van der Waals surface area contributed by atoms with Crippen molar-refractivity contribution >= 4 is 11.9 Å². The molecule has 4 atom stereocenters. The van der Waals surface area contributed by atoms with Gasteiger partial charge in [0.2, 0.25) is 0 Å². The molecular formula is C38H44F8O6. The molecule has 0 radical (unpaired) electrons. The lowest BCUT2D eigenvalue weighted by Crippen LogP contribution is -2.15. The van der Waals surface area contributed by atoms with Gasteiger partial charge in [0.15, 0.2) is 46.5 Å². The minimum absolute atomic E-state index is 0.0488. The Morgan fingerprint density at radius 3 is 0.942 bits per heavy atom. The topological polar surface area (TPSA) is 71.1 Å². The van der Waals surface area contributed by atoms with Gasteiger partial charge in [-0.2, -0.15) is 0 Å². The fourth-order valence-corrected chi connectivity index (χ4v) is 6.30. The minimum Gasteiger partial charge on any atom is -0.460 e. The van der Waals surface area contributed by atoms with Gasteiger partial charge < -0.3 is 18.9 Å². The van der Waals surface area contributed by atoms with Gasteiger partial charge >= 0.3 is 11.9 Å². The van der Waals surface area contributed by atoms with Crippen molar-refractivity contribution in [2.75, 3.05) is 14.2 Å². The predicted molar refractivity (Wildman–Crippen MR) is 174 cm³/mol. The Morgan fingerprint density at radius 2 is 0.731 bits per heavy atom. The molecule has 4 unspecified atom stereocenters. The summed E-state index contributed by atoms with van der Waals surface area (Å²) in [4.78, 5) is 24.5. The van der Waals surface area contributed by atoms with Crippen LogP contribution in [0.2, 0.25) is 0 Å². The quantitative estimate of drug-likeness (QED) is 0.0933. The summed E-state index contributed by atoms with van der Waals surface area (Å²) in [6.45, 7) is 12.1. The fraction of sp³-hybridized carbons (Fsp3) is 0.526. The summed E-state index contributed by atoms with van der Waals surface area (Å²) in [6.07, 6.45) is 3.87. The van der Waals surface area contributed by atoms with Gasteiger partial charge in [0.1, 0.15) is 13.2 Å². The number of allylic oxidation sites excluding steroid dienone is 4. The summed E-state index contributed by atoms with van der Waals surface area (Å²) in [5.41, 5.74) is -2.21. The van der Waals surface area contributed by atoms with Gasteiger partial charge in [0.05, 0.1) is 47.3 Å². The van der Waals surface area contributed by atoms with E-state index >= 15 is 0 Å². The second-order valence-electron chi connectivity index (χ2n) is 14.6. The first-order valence-electron chi connectivity index (χ1n) is 16.4. The molecule has 0 N–H and O–H groups in total. The van der Waals surface area contributed by atoms with Crippen molar-refractivity contribution in [3.05, 3.63) is 92.1 Å². The summed E-state index contributed by atoms with van der Waals surface area (Å²) >= 11 is 0. The zero-order chi connectivity index (χ0) is 39.6. The lowest BCUT2D eigenvalue weighted by atomic mass is 10.1. The number of hydrogen-bond acceptors (Lipinski definition) is 6. The highest BCUT2D eigenvalue weighted by Crippen LogP contribution is 2.60. The molecule has 2 aromatic carbocycles. The zero-order valence-corrected chi connectivity index (χ0v) is 30.8. The summed E-state index contributed by atoms with van der Waals surface area (Å²) in [6, 6.07) is 0. The van der Waals surface area contributed by atoms with E-state index < -0.39 is 119 Å². The maximum absolute atomic E-state index is 14.1. The first-order chi connectivity index (χ1) is 24.1. The Balaban J connectivity index is 0.000000280. The van der Waals surface area contributed by atoms with Crippen molar-refractivity contribution in [1.82, 2.24) is 0 Å². The van der Waals surface area contributed by atoms with Crippen LogP contribution in [-0.4, -0.2) is 26.2 Å². The van der Waals surface area contributed by atoms with Gasteiger partial charge in [-0.1, -0.05) is 51.0 Å². The van der Waals surface area contributed by atoms with Crippen LogP contribution < -0.4 is 0 Å². The summed E-state index contributed by atoms with van der Waals surface area (Å²) in [5.74, 6) is -14.9. The van der Waals surface area contributed by atoms with Crippen molar-refractivity contribution in [3.63, 3.8) is 0 Å². The Bertz CT molecular complexity index is 1570. The lowest BCUT2D eigenvalue weighted by molar-refractivity contribution is -0.148. The maximum Gasteiger partial charge on any atom is 0.310 e. The molecule has 2 aromatic rings. The molecule has 6 nitrogen and oxygen atoms in total. The Morgan fingerprint density at radius 1 is 0.500 bits per heavy atom. The first-order valence-corrected chi connectivity index (χ1v) is 16.4. The fourth-order valence-electron chi connectivity index (χ4n) is 6.30. The molecule has 0 amide bonds. The molecule has 2 saturated carbocycles. The Kier molecular flexibility index (Phi) is 13.5. The molecule has 0 spiro atoms. The molecular weight excluding hydrogens is 704 g/mol. The van der Waals surface area contributed by atoms with E-state index in [1.165, 1.54) is 0 Å². The van der Waals surface area contributed by atoms with Gasteiger partial charge in [0.25, 0.3) is 0 Å². The van der Waals surface area contributed by atoms with E-state index in [4.69, 9.17) is 9.47 Å². The highest BCUT2D eigenvalue weighted by atomic mass is 19.2. The van der Waals surface area contributed by atoms with Gasteiger partial charge in [-0.25, -0.2) is 35.1 Å². The minimum atomic E-state index is -1.58. The SMILES string of the molecule is COCc1c(F)c(F)c(COC(=O)C2C(C=C(C)C)C2(C)C)c(F)c1F.COCc1c(F)c(F)c(COC(=O)C2C(C=C(C)C)C2(C)C)c(F)c1F. The molecule has 288 valence electrons. The number of halogens is 8.